The molecule has 0 rings (SSSR count). The van der Waals surface area contributed by atoms with Gasteiger partial charge in [-0.15, -0.1) is 0 Å². The van der Waals surface area contributed by atoms with Crippen LogP contribution in [0, 0.1) is 0 Å². The maximum atomic E-state index is 12.6. The second-order valence-corrected chi connectivity index (χ2v) is 3.08. The summed E-state index contributed by atoms with van der Waals surface area (Å²) in [6.07, 6.45) is 1.55. The Morgan fingerprint density at radius 3 is 1.91 bits per heavy atom. The molecule has 11 heavy (non-hydrogen) atoms. The minimum absolute atomic E-state index is 0.599. The highest BCUT2D eigenvalue weighted by molar-refractivity contribution is 4.59. The maximum Gasteiger partial charge on any atom is 0.110 e. The zero-order valence-electron chi connectivity index (χ0n) is 7.94. The molecule has 0 saturated heterocycles. The number of hydrogen-bond donors (Lipinski definition) is 0. The van der Waals surface area contributed by atoms with Gasteiger partial charge in [0.15, 0.2) is 0 Å². The van der Waals surface area contributed by atoms with Crippen LogP contribution in [-0.2, 0) is 0 Å². The van der Waals surface area contributed by atoms with Gasteiger partial charge < -0.3 is 4.90 Å². The van der Waals surface area contributed by atoms with Gasteiger partial charge >= 0.3 is 0 Å². The average molecular weight is 161 g/mol. The van der Waals surface area contributed by atoms with E-state index in [4.69, 9.17) is 0 Å². The standard InChI is InChI=1S/C9H20FN/c1-4-6-11(7-5-2)8-9(3)10/h9H,4-8H2,1-3H3/t9-/m0/s1. The monoisotopic (exact) mass is 161 g/mol. The molecule has 0 radical (unpaired) electrons. The lowest BCUT2D eigenvalue weighted by Gasteiger charge is -2.21. The van der Waals surface area contributed by atoms with E-state index in [1.807, 2.05) is 0 Å². The molecule has 0 unspecified atom stereocenters. The van der Waals surface area contributed by atoms with Gasteiger partial charge in [0.2, 0.25) is 0 Å². The van der Waals surface area contributed by atoms with E-state index >= 15 is 0 Å². The lowest BCUT2D eigenvalue weighted by atomic mass is 10.3. The molecule has 0 aliphatic rings. The van der Waals surface area contributed by atoms with E-state index in [2.05, 4.69) is 18.7 Å². The van der Waals surface area contributed by atoms with E-state index in [-0.39, 0.29) is 0 Å². The van der Waals surface area contributed by atoms with Crippen LogP contribution in [0.1, 0.15) is 33.6 Å². The first-order valence-electron chi connectivity index (χ1n) is 4.57. The maximum absolute atomic E-state index is 12.6. The highest BCUT2D eigenvalue weighted by atomic mass is 19.1. The zero-order chi connectivity index (χ0) is 8.69. The van der Waals surface area contributed by atoms with Crippen molar-refractivity contribution in [3.63, 3.8) is 0 Å². The number of rotatable bonds is 6. The first-order valence-corrected chi connectivity index (χ1v) is 4.57. The number of nitrogens with zero attached hydrogens (tertiary/aromatic N) is 1. The SMILES string of the molecule is CCCN(CCC)C[C@H](C)F. The Bertz CT molecular complexity index is 77.6. The smallest absolute Gasteiger partial charge is 0.110 e. The van der Waals surface area contributed by atoms with Crippen LogP contribution in [0.2, 0.25) is 0 Å². The first kappa shape index (κ1) is 10.9. The van der Waals surface area contributed by atoms with Gasteiger partial charge in [-0.2, -0.15) is 0 Å². The summed E-state index contributed by atoms with van der Waals surface area (Å²) in [6, 6.07) is 0. The minimum Gasteiger partial charge on any atom is -0.300 e. The molecule has 0 bridgehead atoms. The minimum atomic E-state index is -0.687. The van der Waals surface area contributed by atoms with Crippen molar-refractivity contribution in [1.29, 1.82) is 0 Å². The highest BCUT2D eigenvalue weighted by Crippen LogP contribution is 1.98. The quantitative estimate of drug-likeness (QED) is 0.578. The van der Waals surface area contributed by atoms with Crippen molar-refractivity contribution in [1.82, 2.24) is 4.90 Å². The molecule has 0 spiro atoms. The van der Waals surface area contributed by atoms with Gasteiger partial charge in [0.05, 0.1) is 0 Å². The fraction of sp³-hybridized carbons (Fsp3) is 1.00. The molecular formula is C9H20FN. The van der Waals surface area contributed by atoms with Crippen LogP contribution in [0.5, 0.6) is 0 Å². The van der Waals surface area contributed by atoms with E-state index < -0.39 is 6.17 Å². The van der Waals surface area contributed by atoms with Gasteiger partial charge in [0.25, 0.3) is 0 Å². The molecule has 0 amide bonds. The van der Waals surface area contributed by atoms with Crippen LogP contribution in [0.3, 0.4) is 0 Å². The molecule has 0 N–H and O–H groups in total. The van der Waals surface area contributed by atoms with Gasteiger partial charge in [0, 0.05) is 6.54 Å². The summed E-state index contributed by atoms with van der Waals surface area (Å²) in [7, 11) is 0. The molecule has 1 atom stereocenters. The van der Waals surface area contributed by atoms with E-state index in [1.165, 1.54) is 0 Å². The summed E-state index contributed by atoms with van der Waals surface area (Å²) < 4.78 is 12.6. The Morgan fingerprint density at radius 2 is 1.64 bits per heavy atom. The van der Waals surface area contributed by atoms with Crippen LogP contribution in [0.4, 0.5) is 4.39 Å². The van der Waals surface area contributed by atoms with E-state index in [0.29, 0.717) is 6.54 Å². The molecule has 0 saturated carbocycles. The molecule has 0 heterocycles. The third-order valence-corrected chi connectivity index (χ3v) is 1.59. The fourth-order valence-electron chi connectivity index (χ4n) is 1.28. The number of hydrogen-bond acceptors (Lipinski definition) is 1. The predicted molar refractivity (Wildman–Crippen MR) is 47.6 cm³/mol. The normalized spacial score (nSPS) is 13.9. The summed E-state index contributed by atoms with van der Waals surface area (Å²) in [5, 5.41) is 0. The third kappa shape index (κ3) is 6.29. The molecule has 0 aliphatic heterocycles. The summed E-state index contributed by atoms with van der Waals surface area (Å²) in [4.78, 5) is 2.19. The van der Waals surface area contributed by atoms with E-state index in [9.17, 15) is 4.39 Å². The Balaban J connectivity index is 3.50. The topological polar surface area (TPSA) is 3.24 Å². The van der Waals surface area contributed by atoms with Crippen LogP contribution in [0.25, 0.3) is 0 Å². The van der Waals surface area contributed by atoms with Gasteiger partial charge in [0.1, 0.15) is 6.17 Å². The van der Waals surface area contributed by atoms with Gasteiger partial charge in [-0.1, -0.05) is 13.8 Å². The van der Waals surface area contributed by atoms with Crippen molar-refractivity contribution in [2.75, 3.05) is 19.6 Å². The zero-order valence-corrected chi connectivity index (χ0v) is 7.94. The molecule has 68 valence electrons. The predicted octanol–water partition coefficient (Wildman–Crippen LogP) is 2.47. The summed E-state index contributed by atoms with van der Waals surface area (Å²) >= 11 is 0. The first-order chi connectivity index (χ1) is 5.20. The Labute approximate surface area is 69.6 Å². The molecule has 0 aromatic carbocycles. The molecule has 0 aromatic rings. The highest BCUT2D eigenvalue weighted by Gasteiger charge is 2.06. The Morgan fingerprint density at radius 1 is 1.18 bits per heavy atom. The lowest BCUT2D eigenvalue weighted by molar-refractivity contribution is 0.202. The van der Waals surface area contributed by atoms with Crippen LogP contribution in [0.15, 0.2) is 0 Å². The lowest BCUT2D eigenvalue weighted by Crippen LogP contribution is -2.30. The Kier molecular flexibility index (Phi) is 6.52. The third-order valence-electron chi connectivity index (χ3n) is 1.59. The van der Waals surface area contributed by atoms with Gasteiger partial charge in [-0.25, -0.2) is 4.39 Å². The summed E-state index contributed by atoms with van der Waals surface area (Å²) in [5.74, 6) is 0. The van der Waals surface area contributed by atoms with Crippen molar-refractivity contribution >= 4 is 0 Å². The molecular weight excluding hydrogens is 141 g/mol. The van der Waals surface area contributed by atoms with Crippen molar-refractivity contribution < 1.29 is 4.39 Å². The molecule has 0 fully saturated rings. The molecule has 2 heteroatoms. The Hall–Kier alpha value is -0.110. The van der Waals surface area contributed by atoms with Crippen LogP contribution in [-0.4, -0.2) is 30.7 Å². The number of alkyl halides is 1. The van der Waals surface area contributed by atoms with Crippen molar-refractivity contribution in [3.8, 4) is 0 Å². The average Bonchev–Trinajstić information content (AvgIpc) is 1.87. The molecule has 0 aromatic heterocycles. The fourth-order valence-corrected chi connectivity index (χ4v) is 1.28. The van der Waals surface area contributed by atoms with Gasteiger partial charge in [-0.05, 0) is 32.9 Å². The van der Waals surface area contributed by atoms with E-state index in [1.54, 1.807) is 6.92 Å². The second kappa shape index (κ2) is 6.59. The van der Waals surface area contributed by atoms with Crippen molar-refractivity contribution in [2.24, 2.45) is 0 Å². The van der Waals surface area contributed by atoms with Crippen molar-refractivity contribution in [3.05, 3.63) is 0 Å². The van der Waals surface area contributed by atoms with Crippen LogP contribution < -0.4 is 0 Å². The number of halogens is 1. The van der Waals surface area contributed by atoms with Crippen molar-refractivity contribution in [2.45, 2.75) is 39.8 Å². The largest absolute Gasteiger partial charge is 0.300 e. The van der Waals surface area contributed by atoms with Crippen LogP contribution >= 0.6 is 0 Å². The summed E-state index contributed by atoms with van der Waals surface area (Å²) in [5.41, 5.74) is 0. The van der Waals surface area contributed by atoms with E-state index in [0.717, 1.165) is 25.9 Å². The van der Waals surface area contributed by atoms with Gasteiger partial charge in [-0.3, -0.25) is 0 Å². The second-order valence-electron chi connectivity index (χ2n) is 3.08. The molecule has 1 nitrogen and oxygen atoms in total. The summed E-state index contributed by atoms with van der Waals surface area (Å²) in [6.45, 7) is 8.54. The molecule has 0 aliphatic carbocycles.